The van der Waals surface area contributed by atoms with Gasteiger partial charge < -0.3 is 25.4 Å². The van der Waals surface area contributed by atoms with Crippen LogP contribution in [-0.4, -0.2) is 74.2 Å². The topological polar surface area (TPSA) is 134 Å². The molecule has 2 aromatic heterocycles. The first kappa shape index (κ1) is 26.4. The van der Waals surface area contributed by atoms with Gasteiger partial charge in [0.05, 0.1) is 17.1 Å². The summed E-state index contributed by atoms with van der Waals surface area (Å²) in [7, 11) is 3.58. The van der Waals surface area contributed by atoms with Crippen LogP contribution in [0.3, 0.4) is 0 Å². The lowest BCUT2D eigenvalue weighted by atomic mass is 9.93. The van der Waals surface area contributed by atoms with Crippen LogP contribution in [0, 0.1) is 0 Å². The van der Waals surface area contributed by atoms with Gasteiger partial charge in [-0.2, -0.15) is 5.10 Å². The van der Waals surface area contributed by atoms with E-state index in [9.17, 15) is 27.9 Å². The SMILES string of the molecule is CN1CCC(NC(=O)c2ccc(Nc3ncc4c(n3)-c3c(c(C(=O)O)nn3C)CC4)c(OC(F)(F)F)c2)CC1. The normalized spacial score (nSPS) is 15.8. The summed E-state index contributed by atoms with van der Waals surface area (Å²) < 4.78 is 45.4. The molecule has 1 aromatic carbocycles. The van der Waals surface area contributed by atoms with Crippen molar-refractivity contribution >= 4 is 23.5 Å². The molecule has 206 valence electrons. The molecule has 1 saturated heterocycles. The number of aromatic nitrogens is 4. The highest BCUT2D eigenvalue weighted by molar-refractivity contribution is 5.95. The van der Waals surface area contributed by atoms with Crippen molar-refractivity contribution in [2.75, 3.05) is 25.5 Å². The number of fused-ring (bicyclic) bond motifs is 3. The van der Waals surface area contributed by atoms with Crippen molar-refractivity contribution < 1.29 is 32.6 Å². The van der Waals surface area contributed by atoms with Crippen LogP contribution in [0.5, 0.6) is 5.75 Å². The number of carboxylic acid groups (broad SMARTS) is 1. The maximum absolute atomic E-state index is 13.3. The van der Waals surface area contributed by atoms with E-state index >= 15 is 0 Å². The number of carboxylic acids is 1. The van der Waals surface area contributed by atoms with Gasteiger partial charge in [-0.05, 0) is 69.6 Å². The molecule has 14 heteroatoms. The minimum atomic E-state index is -5.01. The summed E-state index contributed by atoms with van der Waals surface area (Å²) in [5.41, 5.74) is 2.07. The number of ether oxygens (including phenoxy) is 1. The Hall–Kier alpha value is -4.20. The van der Waals surface area contributed by atoms with E-state index in [4.69, 9.17) is 0 Å². The fourth-order valence-corrected chi connectivity index (χ4v) is 4.91. The van der Waals surface area contributed by atoms with Gasteiger partial charge in [0, 0.05) is 30.4 Å². The second kappa shape index (κ2) is 10.2. The van der Waals surface area contributed by atoms with Gasteiger partial charge in [-0.3, -0.25) is 9.48 Å². The van der Waals surface area contributed by atoms with E-state index in [1.54, 1.807) is 7.05 Å². The number of rotatable bonds is 6. The van der Waals surface area contributed by atoms with Gasteiger partial charge in [-0.1, -0.05) is 0 Å². The Morgan fingerprint density at radius 1 is 1.15 bits per heavy atom. The molecule has 3 aromatic rings. The highest BCUT2D eigenvalue weighted by atomic mass is 19.4. The third-order valence-corrected chi connectivity index (χ3v) is 6.85. The number of halogens is 3. The molecule has 1 aliphatic heterocycles. The number of hydrogen-bond acceptors (Lipinski definition) is 8. The zero-order valence-electron chi connectivity index (χ0n) is 21.2. The molecule has 1 amide bonds. The van der Waals surface area contributed by atoms with Crippen molar-refractivity contribution in [1.29, 1.82) is 0 Å². The first-order chi connectivity index (χ1) is 18.5. The zero-order valence-corrected chi connectivity index (χ0v) is 21.2. The van der Waals surface area contributed by atoms with Crippen molar-refractivity contribution in [3.05, 3.63) is 46.8 Å². The van der Waals surface area contributed by atoms with E-state index in [0.29, 0.717) is 29.8 Å². The lowest BCUT2D eigenvalue weighted by Gasteiger charge is -2.29. The molecule has 0 radical (unpaired) electrons. The average molecular weight is 546 g/mol. The van der Waals surface area contributed by atoms with Crippen LogP contribution in [-0.2, 0) is 19.9 Å². The molecular weight excluding hydrogens is 519 g/mol. The number of aryl methyl sites for hydroxylation is 2. The van der Waals surface area contributed by atoms with Gasteiger partial charge in [-0.15, -0.1) is 13.2 Å². The summed E-state index contributed by atoms with van der Waals surface area (Å²) in [5, 5.41) is 19.2. The van der Waals surface area contributed by atoms with E-state index in [1.165, 1.54) is 23.0 Å². The van der Waals surface area contributed by atoms with Crippen LogP contribution in [0.15, 0.2) is 24.4 Å². The number of alkyl halides is 3. The Labute approximate surface area is 221 Å². The molecule has 3 heterocycles. The van der Waals surface area contributed by atoms with E-state index in [-0.39, 0.29) is 28.9 Å². The van der Waals surface area contributed by atoms with Gasteiger partial charge in [0.2, 0.25) is 5.95 Å². The maximum Gasteiger partial charge on any atom is 0.573 e. The van der Waals surface area contributed by atoms with Crippen molar-refractivity contribution in [2.45, 2.75) is 38.1 Å². The van der Waals surface area contributed by atoms with Gasteiger partial charge >= 0.3 is 12.3 Å². The average Bonchev–Trinajstić information content (AvgIpc) is 3.22. The lowest BCUT2D eigenvalue weighted by molar-refractivity contribution is -0.274. The molecule has 0 bridgehead atoms. The fraction of sp³-hybridized carbons (Fsp3) is 0.400. The summed E-state index contributed by atoms with van der Waals surface area (Å²) in [6.45, 7) is 1.63. The zero-order chi connectivity index (χ0) is 27.9. The van der Waals surface area contributed by atoms with Crippen LogP contribution in [0.1, 0.15) is 44.8 Å². The predicted molar refractivity (Wildman–Crippen MR) is 133 cm³/mol. The minimum Gasteiger partial charge on any atom is -0.476 e. The van der Waals surface area contributed by atoms with Crippen molar-refractivity contribution in [3.63, 3.8) is 0 Å². The Balaban J connectivity index is 1.43. The monoisotopic (exact) mass is 545 g/mol. The number of nitrogens with zero attached hydrogens (tertiary/aromatic N) is 5. The van der Waals surface area contributed by atoms with Gasteiger partial charge in [0.1, 0.15) is 0 Å². The largest absolute Gasteiger partial charge is 0.573 e. The number of hydrogen-bond donors (Lipinski definition) is 3. The summed E-state index contributed by atoms with van der Waals surface area (Å²) in [5.74, 6) is -2.30. The van der Waals surface area contributed by atoms with Crippen LogP contribution in [0.4, 0.5) is 24.8 Å². The summed E-state index contributed by atoms with van der Waals surface area (Å²) >= 11 is 0. The number of benzene rings is 1. The van der Waals surface area contributed by atoms with Crippen LogP contribution < -0.4 is 15.4 Å². The van der Waals surface area contributed by atoms with E-state index in [1.807, 2.05) is 7.05 Å². The van der Waals surface area contributed by atoms with Crippen molar-refractivity contribution in [1.82, 2.24) is 30.0 Å². The lowest BCUT2D eigenvalue weighted by Crippen LogP contribution is -2.43. The number of piperidine rings is 1. The highest BCUT2D eigenvalue weighted by Gasteiger charge is 2.33. The van der Waals surface area contributed by atoms with Crippen molar-refractivity contribution in [2.24, 2.45) is 7.05 Å². The number of aromatic carboxylic acids is 1. The van der Waals surface area contributed by atoms with E-state index in [0.717, 1.165) is 37.6 Å². The molecule has 0 spiro atoms. The number of amides is 1. The van der Waals surface area contributed by atoms with Crippen LogP contribution in [0.2, 0.25) is 0 Å². The minimum absolute atomic E-state index is 0.0193. The smallest absolute Gasteiger partial charge is 0.476 e. The Bertz CT molecular complexity index is 1430. The van der Waals surface area contributed by atoms with Gasteiger partial charge in [-0.25, -0.2) is 14.8 Å². The van der Waals surface area contributed by atoms with Crippen LogP contribution >= 0.6 is 0 Å². The number of anilines is 2. The molecular formula is C25H26F3N7O4. The molecule has 0 saturated carbocycles. The first-order valence-electron chi connectivity index (χ1n) is 12.3. The number of carbonyl (C=O) groups excluding carboxylic acids is 1. The number of likely N-dealkylation sites (tertiary alicyclic amines) is 1. The molecule has 0 unspecified atom stereocenters. The van der Waals surface area contributed by atoms with E-state index in [2.05, 4.69) is 35.3 Å². The highest BCUT2D eigenvalue weighted by Crippen LogP contribution is 2.36. The Kier molecular flexibility index (Phi) is 6.89. The molecule has 0 atom stereocenters. The van der Waals surface area contributed by atoms with Gasteiger partial charge in [0.15, 0.2) is 11.4 Å². The molecule has 5 rings (SSSR count). The number of carbonyl (C=O) groups is 2. The fourth-order valence-electron chi connectivity index (χ4n) is 4.91. The third kappa shape index (κ3) is 5.65. The Morgan fingerprint density at radius 3 is 2.59 bits per heavy atom. The standard InChI is InChI=1S/C25H26F3N7O4/c1-34-9-7-15(8-10-34)30-22(36)13-4-6-17(18(11-13)39-25(26,27)28)31-24-29-12-14-3-5-16-20(23(37)38)33-35(2)21(16)19(14)32-24/h4,6,11-12,15H,3,5,7-10H2,1-2H3,(H,30,36)(H,37,38)(H,29,31,32). The second-order valence-corrected chi connectivity index (χ2v) is 9.61. The molecule has 1 aliphatic carbocycles. The quantitative estimate of drug-likeness (QED) is 0.427. The summed E-state index contributed by atoms with van der Waals surface area (Å²) in [6.07, 6.45) is -1.05. The summed E-state index contributed by atoms with van der Waals surface area (Å²) in [4.78, 5) is 35.2. The molecule has 2 aliphatic rings. The molecule has 11 nitrogen and oxygen atoms in total. The van der Waals surface area contributed by atoms with Crippen molar-refractivity contribution in [3.8, 4) is 17.1 Å². The second-order valence-electron chi connectivity index (χ2n) is 9.61. The molecule has 39 heavy (non-hydrogen) atoms. The number of nitrogens with one attached hydrogen (secondary N) is 2. The summed E-state index contributed by atoms with van der Waals surface area (Å²) in [6, 6.07) is 3.65. The predicted octanol–water partition coefficient (Wildman–Crippen LogP) is 3.14. The third-order valence-electron chi connectivity index (χ3n) is 6.85. The Morgan fingerprint density at radius 2 is 1.90 bits per heavy atom. The molecule has 3 N–H and O–H groups in total. The maximum atomic E-state index is 13.3. The van der Waals surface area contributed by atoms with E-state index < -0.39 is 24.0 Å². The van der Waals surface area contributed by atoms with Gasteiger partial charge in [0.25, 0.3) is 5.91 Å². The van der Waals surface area contributed by atoms with Crippen LogP contribution in [0.25, 0.3) is 11.4 Å². The first-order valence-corrected chi connectivity index (χ1v) is 12.3. The molecule has 1 fully saturated rings.